The molecular weight excluding hydrogens is 244 g/mol. The summed E-state index contributed by atoms with van der Waals surface area (Å²) in [6.45, 7) is 6.34. The van der Waals surface area contributed by atoms with E-state index in [2.05, 4.69) is 46.1 Å². The highest BCUT2D eigenvalue weighted by Gasteiger charge is 2.24. The Kier molecular flexibility index (Phi) is 3.18. The number of thiophene rings is 1. The topological polar surface area (TPSA) is 42.7 Å². The summed E-state index contributed by atoms with van der Waals surface area (Å²) in [4.78, 5) is 2.64. The third kappa shape index (κ3) is 1.87. The van der Waals surface area contributed by atoms with Crippen LogP contribution in [0, 0.1) is 0 Å². The molecule has 0 spiro atoms. The van der Waals surface area contributed by atoms with Gasteiger partial charge in [-0.15, -0.1) is 21.5 Å². The zero-order chi connectivity index (χ0) is 12.5. The van der Waals surface area contributed by atoms with Gasteiger partial charge in [0, 0.05) is 18.0 Å². The standard InChI is InChI=1S/C13H18N4S/c1-3-9-5-6-11(18-9)13-16-15-12-10(4-2)14-7-8-17(12)13/h5-6,10,14H,3-4,7-8H2,1-2H3. The molecule has 0 radical (unpaired) electrons. The minimum atomic E-state index is 0.352. The second-order valence-corrected chi connectivity index (χ2v) is 5.74. The molecule has 4 nitrogen and oxygen atoms in total. The van der Waals surface area contributed by atoms with E-state index in [1.807, 2.05) is 11.3 Å². The van der Waals surface area contributed by atoms with E-state index in [0.29, 0.717) is 6.04 Å². The van der Waals surface area contributed by atoms with Crippen LogP contribution >= 0.6 is 11.3 Å². The van der Waals surface area contributed by atoms with Gasteiger partial charge in [0.15, 0.2) is 11.6 Å². The largest absolute Gasteiger partial charge is 0.308 e. The van der Waals surface area contributed by atoms with Crippen LogP contribution in [0.3, 0.4) is 0 Å². The Balaban J connectivity index is 2.01. The summed E-state index contributed by atoms with van der Waals surface area (Å²) < 4.78 is 2.27. The van der Waals surface area contributed by atoms with Gasteiger partial charge in [-0.25, -0.2) is 0 Å². The average molecular weight is 262 g/mol. The molecule has 5 heteroatoms. The first-order chi connectivity index (χ1) is 8.83. The third-order valence-electron chi connectivity index (χ3n) is 3.46. The minimum Gasteiger partial charge on any atom is -0.308 e. The molecule has 0 bridgehead atoms. The van der Waals surface area contributed by atoms with Crippen LogP contribution in [0.4, 0.5) is 0 Å². The minimum absolute atomic E-state index is 0.352. The summed E-state index contributed by atoms with van der Waals surface area (Å²) in [5.41, 5.74) is 0. The van der Waals surface area contributed by atoms with E-state index in [4.69, 9.17) is 0 Å². The predicted octanol–water partition coefficient (Wildman–Crippen LogP) is 2.62. The molecule has 0 amide bonds. The lowest BCUT2D eigenvalue weighted by Crippen LogP contribution is -2.33. The van der Waals surface area contributed by atoms with Gasteiger partial charge in [0.1, 0.15) is 0 Å². The molecule has 18 heavy (non-hydrogen) atoms. The van der Waals surface area contributed by atoms with E-state index in [1.54, 1.807) is 0 Å². The SMILES string of the molecule is CCc1ccc(-c2nnc3n2CCNC3CC)s1. The Morgan fingerprint density at radius 2 is 2.28 bits per heavy atom. The summed E-state index contributed by atoms with van der Waals surface area (Å²) in [6.07, 6.45) is 2.15. The Morgan fingerprint density at radius 1 is 1.39 bits per heavy atom. The van der Waals surface area contributed by atoms with Gasteiger partial charge < -0.3 is 9.88 Å². The van der Waals surface area contributed by atoms with Crippen LogP contribution in [-0.2, 0) is 13.0 Å². The molecule has 0 fully saturated rings. The number of hydrogen-bond acceptors (Lipinski definition) is 4. The van der Waals surface area contributed by atoms with Crippen molar-refractivity contribution in [2.24, 2.45) is 0 Å². The lowest BCUT2D eigenvalue weighted by molar-refractivity contribution is 0.407. The van der Waals surface area contributed by atoms with Gasteiger partial charge in [-0.1, -0.05) is 13.8 Å². The van der Waals surface area contributed by atoms with Gasteiger partial charge >= 0.3 is 0 Å². The van der Waals surface area contributed by atoms with E-state index < -0.39 is 0 Å². The molecule has 0 aliphatic carbocycles. The molecule has 96 valence electrons. The van der Waals surface area contributed by atoms with Crippen molar-refractivity contribution < 1.29 is 0 Å². The lowest BCUT2D eigenvalue weighted by atomic mass is 10.2. The zero-order valence-corrected chi connectivity index (χ0v) is 11.6. The van der Waals surface area contributed by atoms with E-state index in [-0.39, 0.29) is 0 Å². The Bertz CT molecular complexity index is 543. The molecule has 0 saturated carbocycles. The molecular formula is C13H18N4S. The smallest absolute Gasteiger partial charge is 0.174 e. The summed E-state index contributed by atoms with van der Waals surface area (Å²) in [5.74, 6) is 2.12. The van der Waals surface area contributed by atoms with E-state index >= 15 is 0 Å². The number of aromatic nitrogens is 3. The van der Waals surface area contributed by atoms with Crippen molar-refractivity contribution in [3.63, 3.8) is 0 Å². The van der Waals surface area contributed by atoms with Crippen molar-refractivity contribution in [3.8, 4) is 10.7 Å². The van der Waals surface area contributed by atoms with Crippen LogP contribution in [0.2, 0.25) is 0 Å². The number of fused-ring (bicyclic) bond motifs is 1. The maximum atomic E-state index is 4.40. The Hall–Kier alpha value is -1.20. The third-order valence-corrected chi connectivity index (χ3v) is 4.68. The molecule has 1 unspecified atom stereocenters. The van der Waals surface area contributed by atoms with Crippen molar-refractivity contribution in [1.29, 1.82) is 0 Å². The fraction of sp³-hybridized carbons (Fsp3) is 0.538. The maximum absolute atomic E-state index is 4.40. The molecule has 0 saturated heterocycles. The highest BCUT2D eigenvalue weighted by Crippen LogP contribution is 2.30. The van der Waals surface area contributed by atoms with E-state index in [0.717, 1.165) is 37.6 Å². The van der Waals surface area contributed by atoms with Gasteiger partial charge in [0.25, 0.3) is 0 Å². The van der Waals surface area contributed by atoms with E-state index in [1.165, 1.54) is 9.75 Å². The number of nitrogens with one attached hydrogen (secondary N) is 1. The van der Waals surface area contributed by atoms with Crippen LogP contribution in [0.5, 0.6) is 0 Å². The van der Waals surface area contributed by atoms with Crippen molar-refractivity contribution >= 4 is 11.3 Å². The zero-order valence-electron chi connectivity index (χ0n) is 10.8. The van der Waals surface area contributed by atoms with Gasteiger partial charge in [0.05, 0.1) is 10.9 Å². The van der Waals surface area contributed by atoms with Crippen LogP contribution in [0.25, 0.3) is 10.7 Å². The van der Waals surface area contributed by atoms with Crippen LogP contribution in [0.15, 0.2) is 12.1 Å². The first-order valence-corrected chi connectivity index (χ1v) is 7.40. The molecule has 3 heterocycles. The summed E-state index contributed by atoms with van der Waals surface area (Å²) in [7, 11) is 0. The monoisotopic (exact) mass is 262 g/mol. The van der Waals surface area contributed by atoms with Gasteiger partial charge in [0.2, 0.25) is 0 Å². The fourth-order valence-electron chi connectivity index (χ4n) is 2.43. The van der Waals surface area contributed by atoms with Crippen LogP contribution < -0.4 is 5.32 Å². The first-order valence-electron chi connectivity index (χ1n) is 6.59. The van der Waals surface area contributed by atoms with Crippen molar-refractivity contribution in [3.05, 3.63) is 22.8 Å². The van der Waals surface area contributed by atoms with Gasteiger partial charge in [-0.2, -0.15) is 0 Å². The highest BCUT2D eigenvalue weighted by atomic mass is 32.1. The van der Waals surface area contributed by atoms with Crippen molar-refractivity contribution in [1.82, 2.24) is 20.1 Å². The quantitative estimate of drug-likeness (QED) is 0.924. The number of hydrogen-bond donors (Lipinski definition) is 1. The molecule has 2 aromatic rings. The van der Waals surface area contributed by atoms with Crippen molar-refractivity contribution in [2.45, 2.75) is 39.3 Å². The molecule has 1 atom stereocenters. The second kappa shape index (κ2) is 4.82. The predicted molar refractivity (Wildman–Crippen MR) is 73.7 cm³/mol. The van der Waals surface area contributed by atoms with Gasteiger partial charge in [-0.05, 0) is 25.0 Å². The number of nitrogens with zero attached hydrogens (tertiary/aromatic N) is 3. The van der Waals surface area contributed by atoms with Crippen LogP contribution in [0.1, 0.15) is 37.0 Å². The summed E-state index contributed by atoms with van der Waals surface area (Å²) in [6, 6.07) is 4.72. The maximum Gasteiger partial charge on any atom is 0.174 e. The fourth-order valence-corrected chi connectivity index (χ4v) is 3.37. The highest BCUT2D eigenvalue weighted by molar-refractivity contribution is 7.15. The normalized spacial score (nSPS) is 18.9. The molecule has 3 rings (SSSR count). The molecule has 1 aliphatic rings. The summed E-state index contributed by atoms with van der Waals surface area (Å²) in [5, 5.41) is 12.3. The molecule has 2 aromatic heterocycles. The molecule has 1 N–H and O–H groups in total. The number of aryl methyl sites for hydroxylation is 1. The van der Waals surface area contributed by atoms with Gasteiger partial charge in [-0.3, -0.25) is 0 Å². The molecule has 0 aromatic carbocycles. The Morgan fingerprint density at radius 3 is 3.00 bits per heavy atom. The average Bonchev–Trinajstić information content (AvgIpc) is 3.03. The van der Waals surface area contributed by atoms with Crippen LogP contribution in [-0.4, -0.2) is 21.3 Å². The Labute approximate surface area is 111 Å². The van der Waals surface area contributed by atoms with Crippen molar-refractivity contribution in [2.75, 3.05) is 6.54 Å². The summed E-state index contributed by atoms with van der Waals surface area (Å²) >= 11 is 1.83. The van der Waals surface area contributed by atoms with E-state index in [9.17, 15) is 0 Å². The first kappa shape index (κ1) is 11.9. The number of rotatable bonds is 3. The second-order valence-electron chi connectivity index (χ2n) is 4.57. The lowest BCUT2D eigenvalue weighted by Gasteiger charge is -2.23. The molecule has 1 aliphatic heterocycles.